The van der Waals surface area contributed by atoms with E-state index in [0.717, 1.165) is 11.8 Å². The summed E-state index contributed by atoms with van der Waals surface area (Å²) in [6.45, 7) is 1.92. The van der Waals surface area contributed by atoms with Gasteiger partial charge in [-0.15, -0.1) is 0 Å². The van der Waals surface area contributed by atoms with E-state index in [-0.39, 0.29) is 16.2 Å². The van der Waals surface area contributed by atoms with Crippen molar-refractivity contribution in [1.82, 2.24) is 0 Å². The van der Waals surface area contributed by atoms with Gasteiger partial charge in [-0.25, -0.2) is 8.42 Å². The summed E-state index contributed by atoms with van der Waals surface area (Å²) in [6, 6.07) is 13.1. The van der Waals surface area contributed by atoms with E-state index in [1.807, 2.05) is 19.1 Å². The fourth-order valence-corrected chi connectivity index (χ4v) is 2.95. The van der Waals surface area contributed by atoms with E-state index < -0.39 is 14.8 Å². The Hall–Kier alpha value is -2.47. The Morgan fingerprint density at radius 3 is 2.23 bits per heavy atom. The quantitative estimate of drug-likeness (QED) is 0.493. The lowest BCUT2D eigenvalue weighted by molar-refractivity contribution is -0.374. The van der Waals surface area contributed by atoms with Crippen LogP contribution in [0.1, 0.15) is 16.7 Å². The summed E-state index contributed by atoms with van der Waals surface area (Å²) in [7, 11) is -3.56. The maximum absolute atomic E-state index is 11.8. The molecule has 0 heterocycles. The number of benzene rings is 2. The van der Waals surface area contributed by atoms with Crippen LogP contribution in [0.15, 0.2) is 53.4 Å². The second-order valence-corrected chi connectivity index (χ2v) is 6.95. The van der Waals surface area contributed by atoms with Crippen molar-refractivity contribution < 1.29 is 13.3 Å². The van der Waals surface area contributed by atoms with Crippen molar-refractivity contribution >= 4 is 21.6 Å². The molecule has 6 heteroatoms. The van der Waals surface area contributed by atoms with Gasteiger partial charge < -0.3 is 0 Å². The third-order valence-corrected chi connectivity index (χ3v) is 4.29. The van der Waals surface area contributed by atoms with Crippen LogP contribution < -0.4 is 0 Å². The van der Waals surface area contributed by atoms with Crippen LogP contribution in [0.3, 0.4) is 0 Å². The Morgan fingerprint density at radius 2 is 1.68 bits per heavy atom. The maximum Gasteiger partial charge on any atom is 0.278 e. The number of sulfone groups is 1. The number of nitro groups is 1. The highest BCUT2D eigenvalue weighted by Crippen LogP contribution is 2.26. The zero-order valence-corrected chi connectivity index (χ0v) is 13.0. The number of aryl methyl sites for hydroxylation is 1. The highest BCUT2D eigenvalue weighted by atomic mass is 32.2. The Bertz CT molecular complexity index is 837. The predicted octanol–water partition coefficient (Wildman–Crippen LogP) is 3.17. The van der Waals surface area contributed by atoms with E-state index in [1.165, 1.54) is 18.2 Å². The van der Waals surface area contributed by atoms with Gasteiger partial charge in [-0.3, -0.25) is 10.1 Å². The van der Waals surface area contributed by atoms with Crippen molar-refractivity contribution in [2.45, 2.75) is 11.8 Å². The van der Waals surface area contributed by atoms with Gasteiger partial charge in [-0.05, 0) is 24.6 Å². The molecular weight excluding hydrogens is 302 g/mol. The molecule has 0 saturated heterocycles. The molecule has 114 valence electrons. The van der Waals surface area contributed by atoms with Gasteiger partial charge in [0.15, 0.2) is 9.84 Å². The second-order valence-electron chi connectivity index (χ2n) is 4.97. The van der Waals surface area contributed by atoms with E-state index in [2.05, 4.69) is 0 Å². The zero-order chi connectivity index (χ0) is 16.3. The van der Waals surface area contributed by atoms with Gasteiger partial charge in [0, 0.05) is 12.3 Å². The first-order valence-corrected chi connectivity index (χ1v) is 8.40. The number of hydrogen-bond acceptors (Lipinski definition) is 4. The summed E-state index contributed by atoms with van der Waals surface area (Å²) in [4.78, 5) is 10.8. The van der Waals surface area contributed by atoms with Crippen molar-refractivity contribution in [2.24, 2.45) is 0 Å². The van der Waals surface area contributed by atoms with Crippen molar-refractivity contribution in [3.05, 3.63) is 75.3 Å². The van der Waals surface area contributed by atoms with Gasteiger partial charge in [-0.2, -0.15) is 0 Å². The highest BCUT2D eigenvalue weighted by Gasteiger charge is 2.22. The van der Waals surface area contributed by atoms with Gasteiger partial charge in [0.1, 0.15) is 0 Å². The molecule has 2 aromatic rings. The van der Waals surface area contributed by atoms with E-state index in [0.29, 0.717) is 5.56 Å². The van der Waals surface area contributed by atoms with Crippen LogP contribution in [0.25, 0.3) is 11.8 Å². The first-order valence-electron chi connectivity index (χ1n) is 6.51. The van der Waals surface area contributed by atoms with Crippen molar-refractivity contribution in [3.63, 3.8) is 0 Å². The van der Waals surface area contributed by atoms with Crippen LogP contribution in [-0.4, -0.2) is 19.6 Å². The summed E-state index contributed by atoms with van der Waals surface area (Å²) >= 11 is 0. The largest absolute Gasteiger partial charge is 0.278 e. The highest BCUT2D eigenvalue weighted by molar-refractivity contribution is 7.90. The van der Waals surface area contributed by atoms with Crippen LogP contribution >= 0.6 is 0 Å². The minimum atomic E-state index is -3.56. The molecule has 0 bridgehead atoms. The van der Waals surface area contributed by atoms with E-state index >= 15 is 0 Å². The van der Waals surface area contributed by atoms with Crippen molar-refractivity contribution in [2.75, 3.05) is 6.26 Å². The van der Waals surface area contributed by atoms with Crippen LogP contribution in [0.2, 0.25) is 0 Å². The standard InChI is InChI=1S/C16H15NO4S/c1-12-7-9-13(10-8-12)11-15(17(18)19)14-5-3-4-6-16(14)22(2,20)21/h3-11H,1-2H3/b15-11+. The summed E-state index contributed by atoms with van der Waals surface area (Å²) in [5.41, 5.74) is 1.53. The lowest BCUT2D eigenvalue weighted by Crippen LogP contribution is -2.06. The first kappa shape index (κ1) is 15.9. The molecule has 0 spiro atoms. The fraction of sp³-hybridized carbons (Fsp3) is 0.125. The van der Waals surface area contributed by atoms with E-state index in [1.54, 1.807) is 24.3 Å². The molecule has 0 aromatic heterocycles. The van der Waals surface area contributed by atoms with Crippen LogP contribution in [0, 0.1) is 17.0 Å². The van der Waals surface area contributed by atoms with Gasteiger partial charge >= 0.3 is 0 Å². The first-order chi connectivity index (χ1) is 10.3. The lowest BCUT2D eigenvalue weighted by Gasteiger charge is -2.06. The predicted molar refractivity (Wildman–Crippen MR) is 85.6 cm³/mol. The molecule has 0 unspecified atom stereocenters. The SMILES string of the molecule is Cc1ccc(/C=C(\c2ccccc2S(C)(=O)=O)[N+](=O)[O-])cc1. The maximum atomic E-state index is 11.8. The molecule has 2 aromatic carbocycles. The number of hydrogen-bond donors (Lipinski definition) is 0. The summed E-state index contributed by atoms with van der Waals surface area (Å²) in [5.74, 6) is 0. The van der Waals surface area contributed by atoms with Gasteiger partial charge in [0.2, 0.25) is 0 Å². The van der Waals surface area contributed by atoms with E-state index in [9.17, 15) is 18.5 Å². The summed E-state index contributed by atoms with van der Waals surface area (Å²) < 4.78 is 23.7. The normalized spacial score (nSPS) is 12.2. The molecule has 0 N–H and O–H groups in total. The van der Waals surface area contributed by atoms with Crippen LogP contribution in [0.4, 0.5) is 0 Å². The summed E-state index contributed by atoms with van der Waals surface area (Å²) in [6.07, 6.45) is 2.42. The molecule has 0 aliphatic rings. The zero-order valence-electron chi connectivity index (χ0n) is 12.2. The van der Waals surface area contributed by atoms with Crippen LogP contribution in [-0.2, 0) is 9.84 Å². The molecule has 0 radical (unpaired) electrons. The number of nitrogens with zero attached hydrogens (tertiary/aromatic N) is 1. The van der Waals surface area contributed by atoms with Crippen molar-refractivity contribution in [1.29, 1.82) is 0 Å². The molecule has 0 atom stereocenters. The van der Waals surface area contributed by atoms with Gasteiger partial charge in [0.25, 0.3) is 5.70 Å². The Morgan fingerprint density at radius 1 is 1.09 bits per heavy atom. The third-order valence-electron chi connectivity index (χ3n) is 3.14. The molecule has 22 heavy (non-hydrogen) atoms. The average Bonchev–Trinajstić information content (AvgIpc) is 2.45. The molecule has 2 rings (SSSR count). The smallest absolute Gasteiger partial charge is 0.258 e. The molecule has 0 aliphatic heterocycles. The van der Waals surface area contributed by atoms with E-state index in [4.69, 9.17) is 0 Å². The Balaban J connectivity index is 2.64. The topological polar surface area (TPSA) is 77.3 Å². The second kappa shape index (κ2) is 6.11. The molecule has 0 amide bonds. The van der Waals surface area contributed by atoms with Gasteiger partial charge in [0.05, 0.1) is 15.4 Å². The lowest BCUT2D eigenvalue weighted by atomic mass is 10.1. The minimum Gasteiger partial charge on any atom is -0.258 e. The number of rotatable bonds is 4. The molecule has 5 nitrogen and oxygen atoms in total. The van der Waals surface area contributed by atoms with Crippen molar-refractivity contribution in [3.8, 4) is 0 Å². The van der Waals surface area contributed by atoms with Crippen LogP contribution in [0.5, 0.6) is 0 Å². The Labute approximate surface area is 129 Å². The third kappa shape index (κ3) is 3.59. The van der Waals surface area contributed by atoms with Gasteiger partial charge in [-0.1, -0.05) is 42.0 Å². The Kier molecular flexibility index (Phi) is 4.42. The summed E-state index contributed by atoms with van der Waals surface area (Å²) in [5, 5.41) is 11.4. The fourth-order valence-electron chi connectivity index (χ4n) is 2.05. The minimum absolute atomic E-state index is 0.0509. The monoisotopic (exact) mass is 317 g/mol. The average molecular weight is 317 g/mol. The molecule has 0 saturated carbocycles. The molecule has 0 aliphatic carbocycles. The molecular formula is C16H15NO4S. The molecule has 0 fully saturated rings.